The number of aliphatic carboxylic acids is 1. The topological polar surface area (TPSA) is 37.3 Å². The van der Waals surface area contributed by atoms with Crippen LogP contribution in [0, 0.1) is 5.92 Å². The summed E-state index contributed by atoms with van der Waals surface area (Å²) in [7, 11) is 0. The fraction of sp³-hybridized carbons (Fsp3) is 0.417. The third kappa shape index (κ3) is 2.95. The summed E-state index contributed by atoms with van der Waals surface area (Å²) in [6.45, 7) is 2.99. The van der Waals surface area contributed by atoms with Gasteiger partial charge >= 0.3 is 5.97 Å². The Labute approximate surface area is 99.0 Å². The molecule has 2 atom stereocenters. The van der Waals surface area contributed by atoms with Crippen LogP contribution in [0.1, 0.15) is 31.1 Å². The second-order valence-electron chi connectivity index (χ2n) is 3.87. The van der Waals surface area contributed by atoms with E-state index >= 15 is 0 Å². The predicted molar refractivity (Wildman–Crippen MR) is 61.5 cm³/mol. The maximum atomic E-state index is 13.4. The van der Waals surface area contributed by atoms with Gasteiger partial charge in [0.2, 0.25) is 0 Å². The van der Waals surface area contributed by atoms with Gasteiger partial charge in [-0.25, -0.2) is 4.39 Å². The van der Waals surface area contributed by atoms with Crippen molar-refractivity contribution in [1.29, 1.82) is 0 Å². The van der Waals surface area contributed by atoms with Gasteiger partial charge in [0.25, 0.3) is 0 Å². The molecule has 16 heavy (non-hydrogen) atoms. The van der Waals surface area contributed by atoms with E-state index in [0.29, 0.717) is 22.6 Å². The first-order chi connectivity index (χ1) is 7.43. The first kappa shape index (κ1) is 13.0. The summed E-state index contributed by atoms with van der Waals surface area (Å²) in [5, 5.41) is 9.17. The van der Waals surface area contributed by atoms with Gasteiger partial charge in [0.05, 0.1) is 5.92 Å². The Balaban J connectivity index is 3.04. The summed E-state index contributed by atoms with van der Waals surface area (Å²) in [6.07, 6.45) is -0.899. The van der Waals surface area contributed by atoms with Crippen LogP contribution in [0.25, 0.3) is 0 Å². The van der Waals surface area contributed by atoms with E-state index in [4.69, 9.17) is 16.7 Å². The van der Waals surface area contributed by atoms with Crippen LogP contribution in [0.4, 0.5) is 4.39 Å². The number of carbonyl (C=O) groups is 1. The van der Waals surface area contributed by atoms with Crippen molar-refractivity contribution >= 4 is 17.6 Å². The summed E-state index contributed by atoms with van der Waals surface area (Å²) >= 11 is 5.90. The molecule has 2 unspecified atom stereocenters. The van der Waals surface area contributed by atoms with Gasteiger partial charge in [-0.3, -0.25) is 4.79 Å². The highest BCUT2D eigenvalue weighted by Crippen LogP contribution is 2.30. The minimum absolute atomic E-state index is 0.291. The molecule has 0 heterocycles. The molecule has 0 aliphatic heterocycles. The lowest BCUT2D eigenvalue weighted by Gasteiger charge is -2.14. The zero-order chi connectivity index (χ0) is 12.3. The molecule has 0 aliphatic carbocycles. The zero-order valence-electron chi connectivity index (χ0n) is 9.21. The SMILES string of the molecule is CC(Cc1cccc(Cl)c1C(C)F)C(=O)O. The number of carboxylic acid groups (broad SMARTS) is 1. The Hall–Kier alpha value is -1.09. The molecule has 1 N–H and O–H groups in total. The minimum Gasteiger partial charge on any atom is -0.481 e. The van der Waals surface area contributed by atoms with Gasteiger partial charge in [0, 0.05) is 10.6 Å². The highest BCUT2D eigenvalue weighted by atomic mass is 35.5. The quantitative estimate of drug-likeness (QED) is 0.878. The largest absolute Gasteiger partial charge is 0.481 e. The minimum atomic E-state index is -1.19. The van der Waals surface area contributed by atoms with E-state index in [1.54, 1.807) is 25.1 Å². The van der Waals surface area contributed by atoms with Crippen LogP contribution in [0.2, 0.25) is 5.02 Å². The second kappa shape index (κ2) is 5.30. The summed E-state index contributed by atoms with van der Waals surface area (Å²) in [5.74, 6) is -1.44. The Morgan fingerprint density at radius 2 is 2.12 bits per heavy atom. The smallest absolute Gasteiger partial charge is 0.306 e. The molecular weight excluding hydrogens is 231 g/mol. The molecule has 0 fully saturated rings. The Bertz CT molecular complexity index is 391. The van der Waals surface area contributed by atoms with E-state index in [-0.39, 0.29) is 0 Å². The average molecular weight is 245 g/mol. The van der Waals surface area contributed by atoms with Gasteiger partial charge in [-0.05, 0) is 25.0 Å². The summed E-state index contributed by atoms with van der Waals surface area (Å²) in [6, 6.07) is 5.04. The summed E-state index contributed by atoms with van der Waals surface area (Å²) in [4.78, 5) is 10.7. The van der Waals surface area contributed by atoms with Crippen molar-refractivity contribution in [2.24, 2.45) is 5.92 Å². The lowest BCUT2D eigenvalue weighted by Crippen LogP contribution is -2.13. The van der Waals surface area contributed by atoms with Gasteiger partial charge in [-0.2, -0.15) is 0 Å². The highest BCUT2D eigenvalue weighted by molar-refractivity contribution is 6.31. The summed E-state index contributed by atoms with van der Waals surface area (Å²) in [5.41, 5.74) is 1.06. The van der Waals surface area contributed by atoms with E-state index in [9.17, 15) is 9.18 Å². The maximum Gasteiger partial charge on any atom is 0.306 e. The van der Waals surface area contributed by atoms with Crippen molar-refractivity contribution in [3.05, 3.63) is 34.3 Å². The van der Waals surface area contributed by atoms with Crippen molar-refractivity contribution in [3.8, 4) is 0 Å². The monoisotopic (exact) mass is 244 g/mol. The molecule has 0 radical (unpaired) electrons. The molecule has 0 saturated heterocycles. The summed E-state index contributed by atoms with van der Waals surface area (Å²) < 4.78 is 13.4. The lowest BCUT2D eigenvalue weighted by molar-refractivity contribution is -0.141. The molecule has 0 spiro atoms. The van der Waals surface area contributed by atoms with Gasteiger partial charge in [-0.1, -0.05) is 30.7 Å². The molecule has 2 nitrogen and oxygen atoms in total. The molecule has 1 aromatic rings. The third-order valence-electron chi connectivity index (χ3n) is 2.49. The van der Waals surface area contributed by atoms with Gasteiger partial charge in [0.15, 0.2) is 0 Å². The van der Waals surface area contributed by atoms with Crippen LogP contribution in [-0.4, -0.2) is 11.1 Å². The highest BCUT2D eigenvalue weighted by Gasteiger charge is 2.18. The van der Waals surface area contributed by atoms with Crippen LogP contribution in [0.5, 0.6) is 0 Å². The number of alkyl halides is 1. The maximum absolute atomic E-state index is 13.4. The van der Waals surface area contributed by atoms with Crippen molar-refractivity contribution in [2.75, 3.05) is 0 Å². The standard InChI is InChI=1S/C12H14ClFO2/c1-7(12(15)16)6-9-4-3-5-10(13)11(9)8(2)14/h3-5,7-8H,6H2,1-2H3,(H,15,16). The Morgan fingerprint density at radius 1 is 1.50 bits per heavy atom. The first-order valence-electron chi connectivity index (χ1n) is 5.07. The van der Waals surface area contributed by atoms with Crippen molar-refractivity contribution in [1.82, 2.24) is 0 Å². The first-order valence-corrected chi connectivity index (χ1v) is 5.45. The Morgan fingerprint density at radius 3 is 2.62 bits per heavy atom. The molecule has 0 aliphatic rings. The molecule has 88 valence electrons. The van der Waals surface area contributed by atoms with Crippen LogP contribution < -0.4 is 0 Å². The normalized spacial score (nSPS) is 14.5. The van der Waals surface area contributed by atoms with Crippen LogP contribution in [-0.2, 0) is 11.2 Å². The molecule has 0 bridgehead atoms. The lowest BCUT2D eigenvalue weighted by atomic mass is 9.95. The molecule has 0 amide bonds. The van der Waals surface area contributed by atoms with Crippen molar-refractivity contribution < 1.29 is 14.3 Å². The van der Waals surface area contributed by atoms with Crippen LogP contribution in [0.15, 0.2) is 18.2 Å². The number of hydrogen-bond donors (Lipinski definition) is 1. The molecule has 0 aromatic heterocycles. The Kier molecular flexibility index (Phi) is 4.30. The molecule has 1 aromatic carbocycles. The third-order valence-corrected chi connectivity index (χ3v) is 2.82. The fourth-order valence-electron chi connectivity index (χ4n) is 1.62. The van der Waals surface area contributed by atoms with E-state index in [1.165, 1.54) is 6.92 Å². The number of hydrogen-bond acceptors (Lipinski definition) is 1. The fourth-order valence-corrected chi connectivity index (χ4v) is 1.97. The number of halogens is 2. The van der Waals surface area contributed by atoms with Gasteiger partial charge < -0.3 is 5.11 Å². The van der Waals surface area contributed by atoms with Crippen LogP contribution in [0.3, 0.4) is 0 Å². The van der Waals surface area contributed by atoms with Crippen LogP contribution >= 0.6 is 11.6 Å². The molecule has 4 heteroatoms. The zero-order valence-corrected chi connectivity index (χ0v) is 9.96. The van der Waals surface area contributed by atoms with Gasteiger partial charge in [-0.15, -0.1) is 0 Å². The number of rotatable bonds is 4. The van der Waals surface area contributed by atoms with E-state index in [1.807, 2.05) is 0 Å². The van der Waals surface area contributed by atoms with Gasteiger partial charge in [0.1, 0.15) is 6.17 Å². The van der Waals surface area contributed by atoms with Crippen molar-refractivity contribution in [2.45, 2.75) is 26.4 Å². The number of carboxylic acids is 1. The molecule has 0 saturated carbocycles. The average Bonchev–Trinajstić information content (AvgIpc) is 2.16. The second-order valence-corrected chi connectivity index (χ2v) is 4.28. The molecular formula is C12H14ClFO2. The van der Waals surface area contributed by atoms with E-state index in [0.717, 1.165) is 0 Å². The van der Waals surface area contributed by atoms with E-state index < -0.39 is 18.1 Å². The number of benzene rings is 1. The predicted octanol–water partition coefficient (Wildman–Crippen LogP) is 3.63. The van der Waals surface area contributed by atoms with E-state index in [2.05, 4.69) is 0 Å². The molecule has 1 rings (SSSR count). The van der Waals surface area contributed by atoms with Crippen molar-refractivity contribution in [3.63, 3.8) is 0 Å².